The number of hydrogen-bond donors (Lipinski definition) is 1. The third-order valence-electron chi connectivity index (χ3n) is 4.99. The second-order valence-electron chi connectivity index (χ2n) is 6.93. The molecule has 2 fully saturated rings. The lowest BCUT2D eigenvalue weighted by atomic mass is 10.1. The molecule has 3 heterocycles. The number of hydrogen-bond acceptors (Lipinski definition) is 5. The molecular weight excluding hydrogens is 308 g/mol. The number of β-amino-alcohol motifs (C(OH)–C–C–N with tert-alkyl or cyclic N) is 1. The van der Waals surface area contributed by atoms with Crippen LogP contribution in [0.25, 0.3) is 0 Å². The monoisotopic (exact) mass is 330 g/mol. The number of carbonyl (C=O) groups is 1. The first-order valence-corrected chi connectivity index (χ1v) is 8.43. The zero-order valence-electron chi connectivity index (χ0n) is 14.2. The van der Waals surface area contributed by atoms with Crippen LogP contribution in [-0.4, -0.2) is 43.3 Å². The summed E-state index contributed by atoms with van der Waals surface area (Å²) in [4.78, 5) is 19.0. The fraction of sp³-hybridized carbons (Fsp3) is 0.588. The summed E-state index contributed by atoms with van der Waals surface area (Å²) in [6, 6.07) is 2.12. The van der Waals surface area contributed by atoms with E-state index in [4.69, 9.17) is 4.52 Å². The fourth-order valence-electron chi connectivity index (χ4n) is 3.76. The van der Waals surface area contributed by atoms with Crippen LogP contribution in [0.5, 0.6) is 0 Å². The number of amides is 1. The normalized spacial score (nSPS) is 23.9. The van der Waals surface area contributed by atoms with Gasteiger partial charge in [-0.2, -0.15) is 4.98 Å². The Kier molecular flexibility index (Phi) is 3.49. The van der Waals surface area contributed by atoms with E-state index in [0.717, 1.165) is 11.4 Å². The topological polar surface area (TPSA) is 84.4 Å². The van der Waals surface area contributed by atoms with Crippen molar-refractivity contribution in [3.8, 4) is 0 Å². The molecule has 1 saturated heterocycles. The van der Waals surface area contributed by atoms with Gasteiger partial charge in [-0.15, -0.1) is 0 Å². The maximum atomic E-state index is 13.1. The first-order valence-electron chi connectivity index (χ1n) is 8.43. The summed E-state index contributed by atoms with van der Waals surface area (Å²) >= 11 is 0. The van der Waals surface area contributed by atoms with Crippen molar-refractivity contribution < 1.29 is 14.4 Å². The van der Waals surface area contributed by atoms with E-state index in [1.807, 2.05) is 19.9 Å². The van der Waals surface area contributed by atoms with Crippen molar-refractivity contribution >= 4 is 5.91 Å². The van der Waals surface area contributed by atoms with Gasteiger partial charge in [0.1, 0.15) is 6.04 Å². The lowest BCUT2D eigenvalue weighted by Crippen LogP contribution is -2.32. The predicted octanol–water partition coefficient (Wildman–Crippen LogP) is 2.08. The van der Waals surface area contributed by atoms with Crippen LogP contribution in [-0.2, 0) is 0 Å². The van der Waals surface area contributed by atoms with Crippen LogP contribution in [0.15, 0.2) is 10.6 Å². The molecule has 2 aromatic heterocycles. The molecule has 7 nitrogen and oxygen atoms in total. The molecule has 0 radical (unpaired) electrons. The van der Waals surface area contributed by atoms with Gasteiger partial charge in [-0.1, -0.05) is 5.16 Å². The van der Waals surface area contributed by atoms with Gasteiger partial charge in [0, 0.05) is 30.4 Å². The van der Waals surface area contributed by atoms with Crippen molar-refractivity contribution in [1.82, 2.24) is 19.6 Å². The van der Waals surface area contributed by atoms with Gasteiger partial charge in [0.05, 0.1) is 11.7 Å². The molecule has 1 amide bonds. The van der Waals surface area contributed by atoms with Crippen molar-refractivity contribution in [2.24, 2.45) is 0 Å². The number of aliphatic hydroxyl groups is 1. The van der Waals surface area contributed by atoms with Crippen LogP contribution >= 0.6 is 0 Å². The summed E-state index contributed by atoms with van der Waals surface area (Å²) in [5.74, 6) is 0.853. The van der Waals surface area contributed by atoms with Crippen LogP contribution in [0.4, 0.5) is 0 Å². The molecule has 128 valence electrons. The highest BCUT2D eigenvalue weighted by molar-refractivity contribution is 5.96. The summed E-state index contributed by atoms with van der Waals surface area (Å²) in [5.41, 5.74) is 2.82. The van der Waals surface area contributed by atoms with Gasteiger partial charge in [0.15, 0.2) is 5.82 Å². The highest BCUT2D eigenvalue weighted by Gasteiger charge is 2.40. The van der Waals surface area contributed by atoms with Crippen LogP contribution in [0.3, 0.4) is 0 Å². The number of aromatic nitrogens is 3. The van der Waals surface area contributed by atoms with E-state index >= 15 is 0 Å². The van der Waals surface area contributed by atoms with E-state index in [-0.39, 0.29) is 18.5 Å². The summed E-state index contributed by atoms with van der Waals surface area (Å²) in [6.07, 6.45) is 2.21. The zero-order valence-corrected chi connectivity index (χ0v) is 14.2. The molecule has 0 bridgehead atoms. The summed E-state index contributed by atoms with van der Waals surface area (Å²) < 4.78 is 7.50. The number of nitrogens with zero attached hydrogens (tertiary/aromatic N) is 4. The molecule has 2 aliphatic rings. The highest BCUT2D eigenvalue weighted by atomic mass is 16.5. The minimum absolute atomic E-state index is 0.0765. The minimum Gasteiger partial charge on any atom is -0.391 e. The van der Waals surface area contributed by atoms with Crippen LogP contribution in [0, 0.1) is 20.8 Å². The molecule has 7 heteroatoms. The molecule has 0 aromatic carbocycles. The molecule has 24 heavy (non-hydrogen) atoms. The maximum absolute atomic E-state index is 13.1. The number of rotatable bonds is 3. The van der Waals surface area contributed by atoms with Crippen molar-refractivity contribution in [3.63, 3.8) is 0 Å². The molecule has 2 aromatic rings. The van der Waals surface area contributed by atoms with Gasteiger partial charge in [0.25, 0.3) is 5.91 Å². The number of carbonyl (C=O) groups excluding carboxylic acids is 1. The molecule has 4 rings (SSSR count). The van der Waals surface area contributed by atoms with E-state index in [0.29, 0.717) is 29.7 Å². The lowest BCUT2D eigenvalue weighted by molar-refractivity contribution is 0.0692. The molecule has 2 atom stereocenters. The van der Waals surface area contributed by atoms with Gasteiger partial charge < -0.3 is 19.1 Å². The lowest BCUT2D eigenvalue weighted by Gasteiger charge is -2.21. The second-order valence-corrected chi connectivity index (χ2v) is 6.93. The average molecular weight is 330 g/mol. The Labute approximate surface area is 140 Å². The van der Waals surface area contributed by atoms with E-state index in [9.17, 15) is 9.90 Å². The van der Waals surface area contributed by atoms with Gasteiger partial charge in [0.2, 0.25) is 5.89 Å². The van der Waals surface area contributed by atoms with E-state index in [2.05, 4.69) is 14.7 Å². The molecule has 1 saturated carbocycles. The molecule has 1 aliphatic heterocycles. The van der Waals surface area contributed by atoms with E-state index < -0.39 is 6.10 Å². The first kappa shape index (κ1) is 15.4. The summed E-state index contributed by atoms with van der Waals surface area (Å²) in [5, 5.41) is 13.9. The highest BCUT2D eigenvalue weighted by Crippen LogP contribution is 2.39. The number of aryl methyl sites for hydroxylation is 2. The van der Waals surface area contributed by atoms with Gasteiger partial charge in [-0.25, -0.2) is 0 Å². The molecule has 0 spiro atoms. The van der Waals surface area contributed by atoms with Crippen LogP contribution in [0.1, 0.15) is 64.8 Å². The second kappa shape index (κ2) is 5.44. The standard InChI is InChI=1S/C17H22N4O3/c1-9-6-14(10(2)21(9)12-4-5-12)17(23)20-8-13(22)7-15(20)16-18-11(3)19-24-16/h6,12-13,15,22H,4-5,7-8H2,1-3H3/t13-,15+/m0/s1. The Morgan fingerprint density at radius 2 is 2.08 bits per heavy atom. The van der Waals surface area contributed by atoms with Crippen LogP contribution in [0.2, 0.25) is 0 Å². The quantitative estimate of drug-likeness (QED) is 0.931. The van der Waals surface area contributed by atoms with Gasteiger partial charge in [-0.3, -0.25) is 4.79 Å². The summed E-state index contributed by atoms with van der Waals surface area (Å²) in [6.45, 7) is 6.07. The zero-order chi connectivity index (χ0) is 17.0. The Morgan fingerprint density at radius 1 is 1.33 bits per heavy atom. The predicted molar refractivity (Wildman–Crippen MR) is 85.6 cm³/mol. The first-order chi connectivity index (χ1) is 11.5. The van der Waals surface area contributed by atoms with E-state index in [1.54, 1.807) is 11.8 Å². The maximum Gasteiger partial charge on any atom is 0.256 e. The SMILES string of the molecule is Cc1noc([C@H]2C[C@H](O)CN2C(=O)c2cc(C)n(C3CC3)c2C)n1. The largest absolute Gasteiger partial charge is 0.391 e. The molecule has 1 aliphatic carbocycles. The van der Waals surface area contributed by atoms with Crippen molar-refractivity contribution in [3.05, 3.63) is 34.7 Å². The van der Waals surface area contributed by atoms with E-state index in [1.165, 1.54) is 12.8 Å². The molecular formula is C17H22N4O3. The van der Waals surface area contributed by atoms with Gasteiger partial charge in [-0.05, 0) is 39.7 Å². The smallest absolute Gasteiger partial charge is 0.256 e. The molecule has 0 unspecified atom stereocenters. The summed E-state index contributed by atoms with van der Waals surface area (Å²) in [7, 11) is 0. The Hall–Kier alpha value is -2.15. The number of aliphatic hydroxyl groups excluding tert-OH is 1. The average Bonchev–Trinajstić information content (AvgIpc) is 3.02. The fourth-order valence-corrected chi connectivity index (χ4v) is 3.76. The van der Waals surface area contributed by atoms with Crippen LogP contribution < -0.4 is 0 Å². The van der Waals surface area contributed by atoms with Crippen molar-refractivity contribution in [2.75, 3.05) is 6.54 Å². The minimum atomic E-state index is -0.571. The number of likely N-dealkylation sites (tertiary alicyclic amines) is 1. The van der Waals surface area contributed by atoms with Crippen molar-refractivity contribution in [2.45, 2.75) is 58.2 Å². The molecule has 1 N–H and O–H groups in total. The third kappa shape index (κ3) is 2.43. The van der Waals surface area contributed by atoms with Gasteiger partial charge >= 0.3 is 0 Å². The van der Waals surface area contributed by atoms with Crippen molar-refractivity contribution in [1.29, 1.82) is 0 Å². The Bertz CT molecular complexity index is 790. The Balaban J connectivity index is 1.66. The Morgan fingerprint density at radius 3 is 2.71 bits per heavy atom. The third-order valence-corrected chi connectivity index (χ3v) is 4.99.